The minimum Gasteiger partial charge on any atom is -0.480 e. The SMILES string of the molecule is CC12CC3(C)CC(O)(C1)CC(N(CC(=O)O)C(=O)OC(C)(C)C)(C2)C3. The van der Waals surface area contributed by atoms with Gasteiger partial charge in [-0.2, -0.15) is 0 Å². The summed E-state index contributed by atoms with van der Waals surface area (Å²) >= 11 is 0. The Morgan fingerprint density at radius 2 is 1.52 bits per heavy atom. The van der Waals surface area contributed by atoms with Crippen LogP contribution < -0.4 is 0 Å². The van der Waals surface area contributed by atoms with Gasteiger partial charge in [0.05, 0.1) is 11.1 Å². The van der Waals surface area contributed by atoms with Crippen LogP contribution in [0.5, 0.6) is 0 Å². The third kappa shape index (κ3) is 3.37. The van der Waals surface area contributed by atoms with Crippen LogP contribution in [0.25, 0.3) is 0 Å². The van der Waals surface area contributed by atoms with Crippen molar-refractivity contribution in [2.45, 2.75) is 89.9 Å². The Hall–Kier alpha value is -1.30. The van der Waals surface area contributed by atoms with Crippen molar-refractivity contribution >= 4 is 12.1 Å². The molecule has 2 N–H and O–H groups in total. The molecule has 0 saturated heterocycles. The van der Waals surface area contributed by atoms with Crippen LogP contribution in [-0.4, -0.2) is 50.5 Å². The Morgan fingerprint density at radius 3 is 1.92 bits per heavy atom. The fourth-order valence-corrected chi connectivity index (χ4v) is 6.73. The molecule has 2 atom stereocenters. The van der Waals surface area contributed by atoms with Crippen LogP contribution in [0.3, 0.4) is 0 Å². The van der Waals surface area contributed by atoms with E-state index in [2.05, 4.69) is 13.8 Å². The van der Waals surface area contributed by atoms with E-state index in [1.54, 1.807) is 20.8 Å². The number of carbonyl (C=O) groups is 2. The Bertz CT molecular complexity index is 554. The van der Waals surface area contributed by atoms with E-state index in [4.69, 9.17) is 4.74 Å². The lowest BCUT2D eigenvalue weighted by atomic mass is 9.41. The second kappa shape index (κ2) is 5.12. The van der Waals surface area contributed by atoms with Crippen LogP contribution in [0, 0.1) is 10.8 Å². The summed E-state index contributed by atoms with van der Waals surface area (Å²) in [5, 5.41) is 20.6. The minimum absolute atomic E-state index is 0.0724. The molecule has 0 aromatic carbocycles. The van der Waals surface area contributed by atoms with E-state index >= 15 is 0 Å². The van der Waals surface area contributed by atoms with Gasteiger partial charge in [-0.3, -0.25) is 9.69 Å². The number of carboxylic acids is 1. The molecule has 25 heavy (non-hydrogen) atoms. The van der Waals surface area contributed by atoms with Crippen molar-refractivity contribution in [2.75, 3.05) is 6.54 Å². The molecule has 1 amide bonds. The highest BCUT2D eigenvalue weighted by molar-refractivity contribution is 5.78. The summed E-state index contributed by atoms with van der Waals surface area (Å²) < 4.78 is 5.53. The first kappa shape index (κ1) is 18.5. The second-order valence-electron chi connectivity index (χ2n) is 10.6. The average Bonchev–Trinajstić information content (AvgIpc) is 2.26. The molecule has 6 heteroatoms. The van der Waals surface area contributed by atoms with Crippen LogP contribution >= 0.6 is 0 Å². The van der Waals surface area contributed by atoms with Crippen molar-refractivity contribution in [3.05, 3.63) is 0 Å². The van der Waals surface area contributed by atoms with Crippen molar-refractivity contribution in [3.8, 4) is 0 Å². The summed E-state index contributed by atoms with van der Waals surface area (Å²) in [5.41, 5.74) is -2.31. The lowest BCUT2D eigenvalue weighted by Crippen LogP contribution is -2.71. The lowest BCUT2D eigenvalue weighted by Gasteiger charge is -2.69. The lowest BCUT2D eigenvalue weighted by molar-refractivity contribution is -0.227. The predicted octanol–water partition coefficient (Wildman–Crippen LogP) is 3.17. The highest BCUT2D eigenvalue weighted by Crippen LogP contribution is 2.69. The number of ether oxygens (including phenoxy) is 1. The summed E-state index contributed by atoms with van der Waals surface area (Å²) in [5.74, 6) is -1.05. The van der Waals surface area contributed by atoms with Crippen LogP contribution in [0.15, 0.2) is 0 Å². The van der Waals surface area contributed by atoms with E-state index in [9.17, 15) is 19.8 Å². The Labute approximate surface area is 149 Å². The zero-order chi connectivity index (χ0) is 18.9. The number of hydrogen-bond acceptors (Lipinski definition) is 4. The van der Waals surface area contributed by atoms with E-state index in [-0.39, 0.29) is 10.8 Å². The molecule has 4 saturated carbocycles. The molecule has 4 fully saturated rings. The summed E-state index contributed by atoms with van der Waals surface area (Å²) in [4.78, 5) is 25.8. The fraction of sp³-hybridized carbons (Fsp3) is 0.895. The molecule has 142 valence electrons. The standard InChI is InChI=1S/C19H31NO5/c1-15(2,3)25-14(23)20(6-13(21)22)18-8-16(4)7-17(5,9-18)11-19(24,10-16)12-18/h24H,6-12H2,1-5H3,(H,21,22). The van der Waals surface area contributed by atoms with E-state index in [0.717, 1.165) is 32.1 Å². The van der Waals surface area contributed by atoms with E-state index in [0.29, 0.717) is 6.42 Å². The molecule has 4 bridgehead atoms. The second-order valence-corrected chi connectivity index (χ2v) is 10.6. The van der Waals surface area contributed by atoms with Crippen LogP contribution in [0.1, 0.15) is 73.1 Å². The number of amides is 1. The monoisotopic (exact) mass is 353 g/mol. The van der Waals surface area contributed by atoms with Gasteiger partial charge in [0.2, 0.25) is 0 Å². The smallest absolute Gasteiger partial charge is 0.411 e. The highest BCUT2D eigenvalue weighted by atomic mass is 16.6. The van der Waals surface area contributed by atoms with Gasteiger partial charge in [0, 0.05) is 0 Å². The number of carbonyl (C=O) groups excluding carboxylic acids is 1. The molecule has 0 aromatic rings. The maximum absolute atomic E-state index is 12.9. The van der Waals surface area contributed by atoms with Crippen molar-refractivity contribution in [2.24, 2.45) is 10.8 Å². The summed E-state index contributed by atoms with van der Waals surface area (Å²) in [6.07, 6.45) is 3.78. The van der Waals surface area contributed by atoms with E-state index in [1.807, 2.05) is 0 Å². The van der Waals surface area contributed by atoms with Gasteiger partial charge >= 0.3 is 12.1 Å². The molecule has 0 aromatic heterocycles. The number of nitrogens with zero attached hydrogens (tertiary/aromatic N) is 1. The van der Waals surface area contributed by atoms with Gasteiger partial charge in [0.1, 0.15) is 12.1 Å². The number of rotatable bonds is 3. The van der Waals surface area contributed by atoms with Crippen molar-refractivity contribution in [1.29, 1.82) is 0 Å². The molecule has 4 rings (SSSR count). The van der Waals surface area contributed by atoms with Crippen molar-refractivity contribution < 1.29 is 24.5 Å². The Balaban J connectivity index is 2.00. The Kier molecular flexibility index (Phi) is 3.79. The zero-order valence-corrected chi connectivity index (χ0v) is 16.0. The molecular weight excluding hydrogens is 322 g/mol. The minimum atomic E-state index is -1.05. The maximum Gasteiger partial charge on any atom is 0.411 e. The molecule has 4 aliphatic carbocycles. The predicted molar refractivity (Wildman–Crippen MR) is 92.2 cm³/mol. The topological polar surface area (TPSA) is 87.1 Å². The first-order valence-electron chi connectivity index (χ1n) is 9.12. The van der Waals surface area contributed by atoms with Gasteiger partial charge in [-0.1, -0.05) is 13.8 Å². The van der Waals surface area contributed by atoms with Crippen molar-refractivity contribution in [1.82, 2.24) is 4.90 Å². The normalized spacial score (nSPS) is 42.3. The number of aliphatic hydroxyl groups is 1. The van der Waals surface area contributed by atoms with Crippen LogP contribution in [0.4, 0.5) is 4.79 Å². The molecule has 0 heterocycles. The largest absolute Gasteiger partial charge is 0.480 e. The molecule has 0 aliphatic heterocycles. The summed E-state index contributed by atoms with van der Waals surface area (Å²) in [6.45, 7) is 9.27. The van der Waals surface area contributed by atoms with E-state index in [1.165, 1.54) is 4.90 Å². The molecular formula is C19H31NO5. The molecule has 0 radical (unpaired) electrons. The van der Waals surface area contributed by atoms with E-state index < -0.39 is 35.3 Å². The van der Waals surface area contributed by atoms with Gasteiger partial charge in [-0.25, -0.2) is 4.79 Å². The van der Waals surface area contributed by atoms with Gasteiger partial charge < -0.3 is 14.9 Å². The average molecular weight is 353 g/mol. The van der Waals surface area contributed by atoms with Gasteiger partial charge in [-0.05, 0) is 70.1 Å². The number of hydrogen-bond donors (Lipinski definition) is 2. The zero-order valence-electron chi connectivity index (χ0n) is 16.0. The maximum atomic E-state index is 12.9. The quantitative estimate of drug-likeness (QED) is 0.814. The molecule has 0 spiro atoms. The first-order chi connectivity index (χ1) is 11.2. The first-order valence-corrected chi connectivity index (χ1v) is 9.12. The van der Waals surface area contributed by atoms with Crippen LogP contribution in [0.2, 0.25) is 0 Å². The molecule has 4 aliphatic rings. The highest BCUT2D eigenvalue weighted by Gasteiger charge is 2.67. The van der Waals surface area contributed by atoms with Gasteiger partial charge in [0.15, 0.2) is 0 Å². The summed E-state index contributed by atoms with van der Waals surface area (Å²) in [7, 11) is 0. The number of carboxylic acid groups (broad SMARTS) is 1. The van der Waals surface area contributed by atoms with Gasteiger partial charge in [0.25, 0.3) is 0 Å². The third-order valence-electron chi connectivity index (χ3n) is 6.01. The number of aliphatic carboxylic acids is 1. The van der Waals surface area contributed by atoms with Crippen molar-refractivity contribution in [3.63, 3.8) is 0 Å². The Morgan fingerprint density at radius 1 is 1.00 bits per heavy atom. The van der Waals surface area contributed by atoms with Crippen LogP contribution in [-0.2, 0) is 9.53 Å². The summed E-state index contributed by atoms with van der Waals surface area (Å²) in [6, 6.07) is 0. The van der Waals surface area contributed by atoms with Gasteiger partial charge in [-0.15, -0.1) is 0 Å². The fourth-order valence-electron chi connectivity index (χ4n) is 6.73. The molecule has 2 unspecified atom stereocenters. The molecule has 6 nitrogen and oxygen atoms in total. The third-order valence-corrected chi connectivity index (χ3v) is 6.01.